The lowest BCUT2D eigenvalue weighted by Crippen LogP contribution is -2.32. The molecule has 1 atom stereocenters. The fourth-order valence-corrected chi connectivity index (χ4v) is 3.58. The van der Waals surface area contributed by atoms with E-state index in [2.05, 4.69) is 0 Å². The van der Waals surface area contributed by atoms with Crippen molar-refractivity contribution in [3.63, 3.8) is 0 Å². The van der Waals surface area contributed by atoms with Crippen molar-refractivity contribution in [1.82, 2.24) is 4.90 Å². The van der Waals surface area contributed by atoms with Gasteiger partial charge in [0.2, 0.25) is 0 Å². The van der Waals surface area contributed by atoms with Gasteiger partial charge >= 0.3 is 0 Å². The monoisotopic (exact) mass is 395 g/mol. The molecular weight excluding hydrogens is 370 g/mol. The molecule has 0 unspecified atom stereocenters. The number of rotatable bonds is 6. The summed E-state index contributed by atoms with van der Waals surface area (Å²) in [6.07, 6.45) is 0. The second-order valence-electron chi connectivity index (χ2n) is 7.08. The van der Waals surface area contributed by atoms with E-state index in [1.807, 2.05) is 38.1 Å². The molecule has 2 aromatic carbocycles. The first-order valence-electron chi connectivity index (χ1n) is 9.38. The third kappa shape index (κ3) is 3.89. The predicted octanol–water partition coefficient (Wildman–Crippen LogP) is 3.38. The number of hydrogen-bond donors (Lipinski definition) is 1. The number of aliphatic hydroxyl groups is 1. The van der Waals surface area contributed by atoms with E-state index in [9.17, 15) is 14.7 Å². The number of Topliss-reactive ketones (excluding diaryl/α,β-unsaturated/α-hetero) is 1. The van der Waals surface area contributed by atoms with Crippen LogP contribution in [0.15, 0.2) is 48.0 Å². The zero-order valence-corrected chi connectivity index (χ0v) is 17.1. The molecule has 3 rings (SSSR count). The van der Waals surface area contributed by atoms with Gasteiger partial charge in [-0.2, -0.15) is 0 Å². The van der Waals surface area contributed by atoms with E-state index in [0.29, 0.717) is 11.3 Å². The number of nitrogens with zero attached hydrogens (tertiary/aromatic N) is 1. The molecule has 1 saturated heterocycles. The summed E-state index contributed by atoms with van der Waals surface area (Å²) in [6.45, 7) is 4.35. The van der Waals surface area contributed by atoms with E-state index in [4.69, 9.17) is 9.47 Å². The zero-order valence-electron chi connectivity index (χ0n) is 17.1. The topological polar surface area (TPSA) is 76.1 Å². The first kappa shape index (κ1) is 20.6. The quantitative estimate of drug-likeness (QED) is 0.461. The minimum atomic E-state index is -0.697. The maximum absolute atomic E-state index is 12.9. The van der Waals surface area contributed by atoms with Gasteiger partial charge in [0.05, 0.1) is 25.3 Å². The van der Waals surface area contributed by atoms with Crippen LogP contribution in [-0.2, 0) is 14.3 Å². The Balaban J connectivity index is 2.15. The molecule has 1 N–H and O–H groups in total. The van der Waals surface area contributed by atoms with Gasteiger partial charge < -0.3 is 19.5 Å². The van der Waals surface area contributed by atoms with Crippen LogP contribution >= 0.6 is 0 Å². The molecule has 0 bridgehead atoms. The molecule has 1 aliphatic heterocycles. The fraction of sp³-hybridized carbons (Fsp3) is 0.304. The van der Waals surface area contributed by atoms with Crippen LogP contribution in [0.2, 0.25) is 0 Å². The van der Waals surface area contributed by atoms with Gasteiger partial charge in [-0.05, 0) is 43.2 Å². The van der Waals surface area contributed by atoms with Crippen LogP contribution in [0, 0.1) is 13.8 Å². The Kier molecular flexibility index (Phi) is 6.03. The number of ketones is 1. The summed E-state index contributed by atoms with van der Waals surface area (Å²) in [7, 11) is 3.11. The van der Waals surface area contributed by atoms with E-state index in [1.54, 1.807) is 25.3 Å². The molecule has 0 radical (unpaired) electrons. The van der Waals surface area contributed by atoms with Crippen molar-refractivity contribution in [3.05, 3.63) is 70.3 Å². The lowest BCUT2D eigenvalue weighted by Gasteiger charge is -2.25. The average molecular weight is 395 g/mol. The van der Waals surface area contributed by atoms with E-state index >= 15 is 0 Å². The third-order valence-electron chi connectivity index (χ3n) is 5.14. The lowest BCUT2D eigenvalue weighted by atomic mass is 9.94. The highest BCUT2D eigenvalue weighted by atomic mass is 16.5. The second-order valence-corrected chi connectivity index (χ2v) is 7.08. The summed E-state index contributed by atoms with van der Waals surface area (Å²) < 4.78 is 10.4. The molecule has 6 nitrogen and oxygen atoms in total. The van der Waals surface area contributed by atoms with Gasteiger partial charge in [0, 0.05) is 19.2 Å². The number of carbonyl (C=O) groups excluding carboxylic acids is 2. The van der Waals surface area contributed by atoms with Crippen molar-refractivity contribution >= 4 is 17.4 Å². The molecule has 0 aromatic heterocycles. The van der Waals surface area contributed by atoms with Gasteiger partial charge in [0.15, 0.2) is 0 Å². The lowest BCUT2D eigenvalue weighted by molar-refractivity contribution is -0.140. The number of benzene rings is 2. The Hall–Kier alpha value is -3.12. The Morgan fingerprint density at radius 1 is 1.07 bits per heavy atom. The van der Waals surface area contributed by atoms with Crippen LogP contribution in [0.1, 0.15) is 28.3 Å². The minimum Gasteiger partial charge on any atom is -0.507 e. The SMILES string of the molecule is COCCN1C(=O)C(=O)C(=C(O)c2ccc(OC)c(C)c2)[C@@H]1c1ccc(C)cc1. The van der Waals surface area contributed by atoms with Gasteiger partial charge in [-0.3, -0.25) is 9.59 Å². The number of aliphatic hydroxyl groups excluding tert-OH is 1. The highest BCUT2D eigenvalue weighted by Crippen LogP contribution is 2.39. The summed E-state index contributed by atoms with van der Waals surface area (Å²) in [5.41, 5.74) is 3.19. The van der Waals surface area contributed by atoms with E-state index < -0.39 is 17.7 Å². The Morgan fingerprint density at radius 3 is 2.34 bits per heavy atom. The Bertz CT molecular complexity index is 962. The largest absolute Gasteiger partial charge is 0.507 e. The number of amides is 1. The van der Waals surface area contributed by atoms with E-state index in [1.165, 1.54) is 12.0 Å². The molecular formula is C23H25NO5. The van der Waals surface area contributed by atoms with Crippen LogP contribution < -0.4 is 4.74 Å². The van der Waals surface area contributed by atoms with Crippen LogP contribution in [0.3, 0.4) is 0 Å². The molecule has 1 fully saturated rings. The minimum absolute atomic E-state index is 0.0829. The number of aryl methyl sites for hydroxylation is 2. The third-order valence-corrected chi connectivity index (χ3v) is 5.14. The summed E-state index contributed by atoms with van der Waals surface area (Å²) >= 11 is 0. The van der Waals surface area contributed by atoms with Crippen LogP contribution in [-0.4, -0.2) is 49.1 Å². The zero-order chi connectivity index (χ0) is 21.1. The van der Waals surface area contributed by atoms with Crippen LogP contribution in [0.5, 0.6) is 5.75 Å². The molecule has 0 aliphatic carbocycles. The smallest absolute Gasteiger partial charge is 0.295 e. The van der Waals surface area contributed by atoms with Crippen molar-refractivity contribution in [2.75, 3.05) is 27.4 Å². The highest BCUT2D eigenvalue weighted by molar-refractivity contribution is 6.46. The standard InChI is InChI=1S/C23H25NO5/c1-14-5-7-16(8-6-14)20-19(22(26)23(27)24(20)11-12-28-3)21(25)17-9-10-18(29-4)15(2)13-17/h5-10,13,20,25H,11-12H2,1-4H3/t20-/m0/s1. The first-order valence-corrected chi connectivity index (χ1v) is 9.38. The number of methoxy groups -OCH3 is 2. The van der Waals surface area contributed by atoms with Crippen molar-refractivity contribution in [3.8, 4) is 5.75 Å². The molecule has 1 heterocycles. The maximum atomic E-state index is 12.9. The van der Waals surface area contributed by atoms with Gasteiger partial charge in [-0.15, -0.1) is 0 Å². The molecule has 2 aromatic rings. The summed E-state index contributed by atoms with van der Waals surface area (Å²) in [5, 5.41) is 11.0. The number of ether oxygens (including phenoxy) is 2. The van der Waals surface area contributed by atoms with Gasteiger partial charge in [0.25, 0.3) is 11.7 Å². The fourth-order valence-electron chi connectivity index (χ4n) is 3.58. The van der Waals surface area contributed by atoms with E-state index in [0.717, 1.165) is 16.7 Å². The van der Waals surface area contributed by atoms with Crippen LogP contribution in [0.25, 0.3) is 5.76 Å². The number of carbonyl (C=O) groups is 2. The molecule has 0 spiro atoms. The molecule has 6 heteroatoms. The molecule has 1 amide bonds. The van der Waals surface area contributed by atoms with Crippen molar-refractivity contribution in [2.24, 2.45) is 0 Å². The number of hydrogen-bond acceptors (Lipinski definition) is 5. The van der Waals surface area contributed by atoms with Crippen molar-refractivity contribution < 1.29 is 24.2 Å². The van der Waals surface area contributed by atoms with E-state index in [-0.39, 0.29) is 24.5 Å². The van der Waals surface area contributed by atoms with Gasteiger partial charge in [-0.25, -0.2) is 0 Å². The molecule has 1 aliphatic rings. The van der Waals surface area contributed by atoms with Crippen molar-refractivity contribution in [1.29, 1.82) is 0 Å². The number of likely N-dealkylation sites (tertiary alicyclic amines) is 1. The van der Waals surface area contributed by atoms with Crippen LogP contribution in [0.4, 0.5) is 0 Å². The first-order chi connectivity index (χ1) is 13.9. The summed E-state index contributed by atoms with van der Waals surface area (Å²) in [6, 6.07) is 12.1. The van der Waals surface area contributed by atoms with Crippen molar-refractivity contribution in [2.45, 2.75) is 19.9 Å². The maximum Gasteiger partial charge on any atom is 0.295 e. The van der Waals surface area contributed by atoms with Gasteiger partial charge in [0.1, 0.15) is 11.5 Å². The summed E-state index contributed by atoms with van der Waals surface area (Å²) in [5.74, 6) is -0.853. The Labute approximate surface area is 170 Å². The molecule has 29 heavy (non-hydrogen) atoms. The molecule has 152 valence electrons. The highest BCUT2D eigenvalue weighted by Gasteiger charge is 2.45. The van der Waals surface area contributed by atoms with Gasteiger partial charge in [-0.1, -0.05) is 29.8 Å². The predicted molar refractivity (Wildman–Crippen MR) is 110 cm³/mol. The second kappa shape index (κ2) is 8.49. The summed E-state index contributed by atoms with van der Waals surface area (Å²) in [4.78, 5) is 27.1. The Morgan fingerprint density at radius 2 is 1.76 bits per heavy atom. The molecule has 0 saturated carbocycles. The average Bonchev–Trinajstić information content (AvgIpc) is 2.96. The normalized spacial score (nSPS) is 18.3.